The Hall–Kier alpha value is -1.69. The van der Waals surface area contributed by atoms with Crippen LogP contribution in [0.1, 0.15) is 39.0 Å². The maximum Gasteiger partial charge on any atom is 0.413 e. The smallest absolute Gasteiger partial charge is 0.413 e. The third-order valence-corrected chi connectivity index (χ3v) is 2.80. The van der Waals surface area contributed by atoms with Crippen molar-refractivity contribution in [2.24, 2.45) is 0 Å². The summed E-state index contributed by atoms with van der Waals surface area (Å²) in [5.41, 5.74) is 1.58. The highest BCUT2D eigenvalue weighted by Crippen LogP contribution is 2.21. The number of nitrogens with one attached hydrogen (secondary N) is 1. The highest BCUT2D eigenvalue weighted by molar-refractivity contribution is 5.83. The molecule has 2 rings (SSSR count). The number of hydrogen-bond donors (Lipinski definition) is 1. The minimum atomic E-state index is -0.521. The topological polar surface area (TPSA) is 67.4 Å². The minimum absolute atomic E-state index is 0.436. The average Bonchev–Trinajstić information content (AvgIpc) is 2.68. The van der Waals surface area contributed by atoms with E-state index >= 15 is 0 Å². The second kappa shape index (κ2) is 5.13. The predicted octanol–water partition coefficient (Wildman–Crippen LogP) is 2.16. The Morgan fingerprint density at radius 1 is 1.42 bits per heavy atom. The number of ether oxygens (including phenoxy) is 1. The molecule has 0 aromatic carbocycles. The van der Waals surface area contributed by atoms with Crippen LogP contribution < -0.4 is 5.32 Å². The van der Waals surface area contributed by atoms with Crippen molar-refractivity contribution >= 4 is 11.9 Å². The Kier molecular flexibility index (Phi) is 3.71. The summed E-state index contributed by atoms with van der Waals surface area (Å²) >= 11 is 0. The molecule has 1 aliphatic heterocycles. The number of amides is 1. The van der Waals surface area contributed by atoms with Crippen LogP contribution in [0.3, 0.4) is 0 Å². The lowest BCUT2D eigenvalue weighted by molar-refractivity contribution is 0.0635. The van der Waals surface area contributed by atoms with Crippen molar-refractivity contribution in [2.45, 2.75) is 46.4 Å². The summed E-state index contributed by atoms with van der Waals surface area (Å²) in [4.78, 5) is 13.9. The summed E-state index contributed by atoms with van der Waals surface area (Å²) in [5.74, 6) is 0.436. The Morgan fingerprint density at radius 2 is 2.16 bits per heavy atom. The van der Waals surface area contributed by atoms with Crippen molar-refractivity contribution in [3.05, 3.63) is 17.3 Å². The first-order chi connectivity index (χ1) is 8.87. The number of carbonyl (C=O) groups is 1. The molecule has 0 fully saturated rings. The number of carbonyl (C=O) groups excluding carboxylic acids is 1. The van der Waals surface area contributed by atoms with Gasteiger partial charge in [-0.2, -0.15) is 5.10 Å². The van der Waals surface area contributed by atoms with Crippen LogP contribution in [0.5, 0.6) is 0 Å². The lowest BCUT2D eigenvalue weighted by Gasteiger charge is -2.19. The fraction of sp³-hybridized carbons (Fsp3) is 0.615. The van der Waals surface area contributed by atoms with Crippen molar-refractivity contribution in [3.8, 4) is 0 Å². The van der Waals surface area contributed by atoms with E-state index in [1.165, 1.54) is 0 Å². The van der Waals surface area contributed by atoms with Crippen LogP contribution in [0.2, 0.25) is 0 Å². The lowest BCUT2D eigenvalue weighted by Crippen LogP contribution is -2.27. The van der Waals surface area contributed by atoms with Crippen LogP contribution in [0.25, 0.3) is 0 Å². The van der Waals surface area contributed by atoms with E-state index in [1.807, 2.05) is 26.8 Å². The SMILES string of the molecule is CCN1Cc2cc(NC(=O)OC(C)(C)C)nnc2C1. The van der Waals surface area contributed by atoms with Crippen LogP contribution in [-0.4, -0.2) is 33.3 Å². The number of fused-ring (bicyclic) bond motifs is 1. The molecule has 19 heavy (non-hydrogen) atoms. The van der Waals surface area contributed by atoms with Gasteiger partial charge in [0.2, 0.25) is 0 Å². The summed E-state index contributed by atoms with van der Waals surface area (Å²) in [6, 6.07) is 1.86. The van der Waals surface area contributed by atoms with E-state index in [2.05, 4.69) is 27.3 Å². The van der Waals surface area contributed by atoms with Gasteiger partial charge in [-0.3, -0.25) is 10.2 Å². The van der Waals surface area contributed by atoms with Crippen LogP contribution in [0.4, 0.5) is 10.6 Å². The largest absolute Gasteiger partial charge is 0.444 e. The molecule has 0 spiro atoms. The van der Waals surface area contributed by atoms with Crippen molar-refractivity contribution in [2.75, 3.05) is 11.9 Å². The average molecular weight is 264 g/mol. The molecule has 1 N–H and O–H groups in total. The molecule has 0 aliphatic carbocycles. The first-order valence-electron chi connectivity index (χ1n) is 6.45. The molecule has 0 atom stereocenters. The predicted molar refractivity (Wildman–Crippen MR) is 71.7 cm³/mol. The Morgan fingerprint density at radius 3 is 2.79 bits per heavy atom. The van der Waals surface area contributed by atoms with E-state index in [-0.39, 0.29) is 0 Å². The first-order valence-corrected chi connectivity index (χ1v) is 6.45. The molecular weight excluding hydrogens is 244 g/mol. The normalized spacial score (nSPS) is 15.2. The third kappa shape index (κ3) is 3.64. The van der Waals surface area contributed by atoms with Crippen molar-refractivity contribution in [3.63, 3.8) is 0 Å². The maximum atomic E-state index is 11.6. The number of aromatic nitrogens is 2. The van der Waals surface area contributed by atoms with Crippen LogP contribution in [0, 0.1) is 0 Å². The van der Waals surface area contributed by atoms with E-state index in [1.54, 1.807) is 0 Å². The molecule has 6 nitrogen and oxygen atoms in total. The molecule has 0 bridgehead atoms. The molecule has 1 aromatic heterocycles. The van der Waals surface area contributed by atoms with Gasteiger partial charge in [0.1, 0.15) is 5.60 Å². The van der Waals surface area contributed by atoms with Gasteiger partial charge in [-0.15, -0.1) is 5.10 Å². The van der Waals surface area contributed by atoms with Gasteiger partial charge in [0.15, 0.2) is 5.82 Å². The monoisotopic (exact) mass is 264 g/mol. The fourth-order valence-corrected chi connectivity index (χ4v) is 1.93. The van der Waals surface area contributed by atoms with Crippen molar-refractivity contribution < 1.29 is 9.53 Å². The zero-order valence-electron chi connectivity index (χ0n) is 11.9. The number of rotatable bonds is 2. The number of nitrogens with zero attached hydrogens (tertiary/aromatic N) is 3. The molecule has 0 saturated carbocycles. The van der Waals surface area contributed by atoms with Gasteiger partial charge in [0.05, 0.1) is 5.69 Å². The highest BCUT2D eigenvalue weighted by Gasteiger charge is 2.21. The Bertz CT molecular complexity index is 482. The van der Waals surface area contributed by atoms with Gasteiger partial charge < -0.3 is 4.74 Å². The fourth-order valence-electron chi connectivity index (χ4n) is 1.93. The van der Waals surface area contributed by atoms with Crippen LogP contribution in [-0.2, 0) is 17.8 Å². The summed E-state index contributed by atoms with van der Waals surface area (Å²) in [6.07, 6.45) is -0.507. The molecule has 2 heterocycles. The van der Waals surface area contributed by atoms with E-state index in [9.17, 15) is 4.79 Å². The molecule has 0 radical (unpaired) electrons. The second-order valence-corrected chi connectivity index (χ2v) is 5.63. The standard InChI is InChI=1S/C13H20N4O2/c1-5-17-7-9-6-11(16-15-10(9)8-17)14-12(18)19-13(2,3)4/h6H,5,7-8H2,1-4H3,(H,14,16,18). The summed E-state index contributed by atoms with van der Waals surface area (Å²) in [6.45, 7) is 10.2. The van der Waals surface area contributed by atoms with Crippen LogP contribution >= 0.6 is 0 Å². The quantitative estimate of drug-likeness (QED) is 0.886. The Balaban J connectivity index is 2.02. The molecule has 0 unspecified atom stereocenters. The summed E-state index contributed by atoms with van der Waals surface area (Å²) in [5, 5.41) is 10.8. The van der Waals surface area contributed by atoms with Gasteiger partial charge in [-0.1, -0.05) is 6.92 Å². The third-order valence-electron chi connectivity index (χ3n) is 2.80. The van der Waals surface area contributed by atoms with Gasteiger partial charge in [-0.25, -0.2) is 4.79 Å². The molecular formula is C13H20N4O2. The molecule has 1 amide bonds. The van der Waals surface area contributed by atoms with E-state index < -0.39 is 11.7 Å². The van der Waals surface area contributed by atoms with Gasteiger partial charge in [-0.05, 0) is 38.9 Å². The Labute approximate surface area is 113 Å². The molecule has 0 saturated heterocycles. The van der Waals surface area contributed by atoms with Crippen LogP contribution in [0.15, 0.2) is 6.07 Å². The van der Waals surface area contributed by atoms with E-state index in [0.717, 1.165) is 30.9 Å². The minimum Gasteiger partial charge on any atom is -0.444 e. The molecule has 6 heteroatoms. The summed E-state index contributed by atoms with van der Waals surface area (Å²) < 4.78 is 5.18. The zero-order valence-corrected chi connectivity index (χ0v) is 11.9. The first kappa shape index (κ1) is 13.7. The lowest BCUT2D eigenvalue weighted by atomic mass is 10.2. The second-order valence-electron chi connectivity index (χ2n) is 5.63. The zero-order chi connectivity index (χ0) is 14.0. The summed E-state index contributed by atoms with van der Waals surface area (Å²) in [7, 11) is 0. The molecule has 1 aromatic rings. The van der Waals surface area contributed by atoms with Gasteiger partial charge >= 0.3 is 6.09 Å². The van der Waals surface area contributed by atoms with E-state index in [4.69, 9.17) is 4.74 Å². The van der Waals surface area contributed by atoms with Crippen molar-refractivity contribution in [1.29, 1.82) is 0 Å². The van der Waals surface area contributed by atoms with Gasteiger partial charge in [0, 0.05) is 13.1 Å². The molecule has 1 aliphatic rings. The van der Waals surface area contributed by atoms with E-state index in [0.29, 0.717) is 5.82 Å². The maximum absolute atomic E-state index is 11.6. The number of hydrogen-bond acceptors (Lipinski definition) is 5. The molecule has 104 valence electrons. The van der Waals surface area contributed by atoms with Gasteiger partial charge in [0.25, 0.3) is 0 Å². The highest BCUT2D eigenvalue weighted by atomic mass is 16.6. The number of anilines is 1. The van der Waals surface area contributed by atoms with Crippen molar-refractivity contribution in [1.82, 2.24) is 15.1 Å².